The molecular formula is C9H17N5O2S. The molecule has 0 radical (unpaired) electrons. The van der Waals surface area contributed by atoms with Gasteiger partial charge in [-0.25, -0.2) is 0 Å². The van der Waals surface area contributed by atoms with Gasteiger partial charge >= 0.3 is 0 Å². The number of aromatic amines is 1. The number of anilines is 1. The van der Waals surface area contributed by atoms with E-state index in [1.165, 1.54) is 10.5 Å². The van der Waals surface area contributed by atoms with Crippen LogP contribution in [-0.4, -0.2) is 36.0 Å². The van der Waals surface area contributed by atoms with Crippen molar-refractivity contribution >= 4 is 16.0 Å². The first kappa shape index (κ1) is 12.3. The molecule has 0 unspecified atom stereocenters. The van der Waals surface area contributed by atoms with E-state index in [0.717, 1.165) is 19.3 Å². The molecule has 1 aliphatic rings. The first-order chi connectivity index (χ1) is 8.09. The van der Waals surface area contributed by atoms with Gasteiger partial charge in [-0.2, -0.15) is 22.5 Å². The van der Waals surface area contributed by atoms with Gasteiger partial charge in [0.1, 0.15) is 5.82 Å². The fraction of sp³-hybridized carbons (Fsp3) is 0.667. The van der Waals surface area contributed by atoms with Gasteiger partial charge in [0.15, 0.2) is 0 Å². The van der Waals surface area contributed by atoms with Crippen LogP contribution in [0.15, 0.2) is 6.20 Å². The summed E-state index contributed by atoms with van der Waals surface area (Å²) in [6.45, 7) is 1.35. The molecule has 1 fully saturated rings. The Morgan fingerprint density at radius 3 is 2.71 bits per heavy atom. The molecule has 2 rings (SSSR count). The summed E-state index contributed by atoms with van der Waals surface area (Å²) in [4.78, 5) is 0. The molecule has 0 saturated carbocycles. The first-order valence-corrected chi connectivity index (χ1v) is 7.06. The summed E-state index contributed by atoms with van der Waals surface area (Å²) in [6.07, 6.45) is 4.47. The standard InChI is InChI=1S/C9H17N5O2S/c10-9-8(6-11-13-9)7-12-17(15,16)14-4-2-1-3-5-14/h6,12H,1-5,7H2,(H3,10,11,13). The molecule has 0 spiro atoms. The third-order valence-electron chi connectivity index (χ3n) is 2.85. The van der Waals surface area contributed by atoms with Crippen molar-refractivity contribution in [1.82, 2.24) is 19.2 Å². The predicted molar refractivity (Wildman–Crippen MR) is 64.2 cm³/mol. The Morgan fingerprint density at radius 1 is 1.41 bits per heavy atom. The van der Waals surface area contributed by atoms with Crippen LogP contribution in [0.25, 0.3) is 0 Å². The number of H-pyrrole nitrogens is 1. The third kappa shape index (κ3) is 2.96. The molecule has 17 heavy (non-hydrogen) atoms. The molecule has 8 heteroatoms. The summed E-state index contributed by atoms with van der Waals surface area (Å²) in [5.74, 6) is 0.395. The highest BCUT2D eigenvalue weighted by Gasteiger charge is 2.23. The number of nitrogens with two attached hydrogens (primary N) is 1. The second-order valence-electron chi connectivity index (χ2n) is 4.09. The number of nitrogens with one attached hydrogen (secondary N) is 2. The minimum atomic E-state index is -3.39. The molecule has 0 bridgehead atoms. The summed E-state index contributed by atoms with van der Waals surface area (Å²) in [5.41, 5.74) is 6.24. The van der Waals surface area contributed by atoms with Crippen LogP contribution in [0.3, 0.4) is 0 Å². The highest BCUT2D eigenvalue weighted by molar-refractivity contribution is 7.87. The van der Waals surface area contributed by atoms with E-state index in [-0.39, 0.29) is 6.54 Å². The third-order valence-corrected chi connectivity index (χ3v) is 4.41. The van der Waals surface area contributed by atoms with Crippen LogP contribution in [0.5, 0.6) is 0 Å². The zero-order chi connectivity index (χ0) is 12.3. The van der Waals surface area contributed by atoms with E-state index >= 15 is 0 Å². The van der Waals surface area contributed by atoms with Gasteiger partial charge in [0, 0.05) is 25.2 Å². The van der Waals surface area contributed by atoms with Gasteiger partial charge in [-0.15, -0.1) is 0 Å². The van der Waals surface area contributed by atoms with E-state index in [2.05, 4.69) is 14.9 Å². The minimum Gasteiger partial charge on any atom is -0.384 e. The lowest BCUT2D eigenvalue weighted by molar-refractivity contribution is 0.341. The summed E-state index contributed by atoms with van der Waals surface area (Å²) in [5, 5.41) is 6.30. The number of rotatable bonds is 4. The Balaban J connectivity index is 1.95. The van der Waals surface area contributed by atoms with Gasteiger partial charge < -0.3 is 5.73 Å². The zero-order valence-corrected chi connectivity index (χ0v) is 10.3. The van der Waals surface area contributed by atoms with Crippen molar-refractivity contribution in [1.29, 1.82) is 0 Å². The van der Waals surface area contributed by atoms with Crippen molar-refractivity contribution < 1.29 is 8.42 Å². The normalized spacial score (nSPS) is 18.4. The van der Waals surface area contributed by atoms with Crippen LogP contribution in [-0.2, 0) is 16.8 Å². The van der Waals surface area contributed by atoms with Crippen LogP contribution >= 0.6 is 0 Å². The smallest absolute Gasteiger partial charge is 0.279 e. The monoisotopic (exact) mass is 259 g/mol. The van der Waals surface area contributed by atoms with E-state index in [1.54, 1.807) is 0 Å². The van der Waals surface area contributed by atoms with Crippen molar-refractivity contribution in [3.8, 4) is 0 Å². The van der Waals surface area contributed by atoms with Gasteiger partial charge in [-0.05, 0) is 12.8 Å². The maximum absolute atomic E-state index is 11.9. The Bertz CT molecular complexity index is 463. The van der Waals surface area contributed by atoms with Gasteiger partial charge in [-0.3, -0.25) is 5.10 Å². The fourth-order valence-corrected chi connectivity index (χ4v) is 3.09. The molecule has 96 valence electrons. The fourth-order valence-electron chi connectivity index (χ4n) is 1.83. The molecule has 4 N–H and O–H groups in total. The maximum Gasteiger partial charge on any atom is 0.279 e. The highest BCUT2D eigenvalue weighted by Crippen LogP contribution is 2.13. The van der Waals surface area contributed by atoms with E-state index in [0.29, 0.717) is 24.5 Å². The Labute approximate surface area is 101 Å². The Kier molecular flexibility index (Phi) is 3.65. The summed E-state index contributed by atoms with van der Waals surface area (Å²) in [6, 6.07) is 0. The van der Waals surface area contributed by atoms with Gasteiger partial charge in [-0.1, -0.05) is 6.42 Å². The number of piperidine rings is 1. The molecule has 1 aromatic heterocycles. The molecule has 0 aliphatic carbocycles. The van der Waals surface area contributed by atoms with Crippen LogP contribution in [0, 0.1) is 0 Å². The summed E-state index contributed by atoms with van der Waals surface area (Å²) in [7, 11) is -3.39. The van der Waals surface area contributed by atoms with Crippen LogP contribution in [0.2, 0.25) is 0 Å². The molecule has 0 aromatic carbocycles. The second-order valence-corrected chi connectivity index (χ2v) is 5.85. The number of hydrogen-bond donors (Lipinski definition) is 3. The second kappa shape index (κ2) is 5.03. The van der Waals surface area contributed by atoms with Crippen LogP contribution in [0.4, 0.5) is 5.82 Å². The van der Waals surface area contributed by atoms with Gasteiger partial charge in [0.05, 0.1) is 6.20 Å². The number of aromatic nitrogens is 2. The Morgan fingerprint density at radius 2 is 2.12 bits per heavy atom. The molecule has 1 aliphatic heterocycles. The van der Waals surface area contributed by atoms with Gasteiger partial charge in [0.25, 0.3) is 10.2 Å². The van der Waals surface area contributed by atoms with Crippen molar-refractivity contribution in [2.75, 3.05) is 18.8 Å². The van der Waals surface area contributed by atoms with Crippen molar-refractivity contribution in [2.45, 2.75) is 25.8 Å². The molecule has 1 aromatic rings. The number of hydrogen-bond acceptors (Lipinski definition) is 4. The van der Waals surface area contributed by atoms with Crippen molar-refractivity contribution in [3.05, 3.63) is 11.8 Å². The zero-order valence-electron chi connectivity index (χ0n) is 9.52. The highest BCUT2D eigenvalue weighted by atomic mass is 32.2. The van der Waals surface area contributed by atoms with E-state index in [9.17, 15) is 8.42 Å². The lowest BCUT2D eigenvalue weighted by Crippen LogP contribution is -2.43. The lowest BCUT2D eigenvalue weighted by atomic mass is 10.2. The average Bonchev–Trinajstić information content (AvgIpc) is 2.74. The quantitative estimate of drug-likeness (QED) is 0.697. The Hall–Kier alpha value is -1.12. The summed E-state index contributed by atoms with van der Waals surface area (Å²) < 4.78 is 27.9. The number of nitrogens with zero attached hydrogens (tertiary/aromatic N) is 2. The van der Waals surface area contributed by atoms with E-state index < -0.39 is 10.2 Å². The first-order valence-electron chi connectivity index (χ1n) is 5.62. The van der Waals surface area contributed by atoms with Gasteiger partial charge in [0.2, 0.25) is 0 Å². The predicted octanol–water partition coefficient (Wildman–Crippen LogP) is -0.188. The molecule has 0 atom stereocenters. The topological polar surface area (TPSA) is 104 Å². The van der Waals surface area contributed by atoms with Crippen molar-refractivity contribution in [2.24, 2.45) is 0 Å². The lowest BCUT2D eigenvalue weighted by Gasteiger charge is -2.25. The molecule has 2 heterocycles. The minimum absolute atomic E-state index is 0.168. The maximum atomic E-state index is 11.9. The van der Waals surface area contributed by atoms with E-state index in [1.807, 2.05) is 0 Å². The molecule has 7 nitrogen and oxygen atoms in total. The molecular weight excluding hydrogens is 242 g/mol. The van der Waals surface area contributed by atoms with Crippen LogP contribution in [0.1, 0.15) is 24.8 Å². The number of nitrogen functional groups attached to an aromatic ring is 1. The van der Waals surface area contributed by atoms with Crippen molar-refractivity contribution in [3.63, 3.8) is 0 Å². The summed E-state index contributed by atoms with van der Waals surface area (Å²) >= 11 is 0. The molecule has 0 amide bonds. The largest absolute Gasteiger partial charge is 0.384 e. The SMILES string of the molecule is Nc1[nH]ncc1CNS(=O)(=O)N1CCCCC1. The van der Waals surface area contributed by atoms with E-state index in [4.69, 9.17) is 5.73 Å². The molecule has 1 saturated heterocycles. The van der Waals surface area contributed by atoms with Crippen LogP contribution < -0.4 is 10.5 Å². The average molecular weight is 259 g/mol.